The minimum absolute atomic E-state index is 0.0289. The van der Waals surface area contributed by atoms with E-state index in [0.29, 0.717) is 5.16 Å². The molecule has 0 aliphatic rings. The van der Waals surface area contributed by atoms with Crippen LogP contribution in [0.5, 0.6) is 0 Å². The fourth-order valence-electron chi connectivity index (χ4n) is 1.68. The summed E-state index contributed by atoms with van der Waals surface area (Å²) >= 11 is 6.51. The first-order valence-electron chi connectivity index (χ1n) is 6.02. The Hall–Kier alpha value is -0.830. The van der Waals surface area contributed by atoms with Gasteiger partial charge in [0.2, 0.25) is 0 Å². The summed E-state index contributed by atoms with van der Waals surface area (Å²) in [5, 5.41) is 2.54. The molecule has 5 N–H and O–H groups in total. The fourth-order valence-corrected chi connectivity index (χ4v) is 4.60. The number of nitrogens with zero attached hydrogens (tertiary/aromatic N) is 1. The zero-order chi connectivity index (χ0) is 14.7. The number of nitrogens with two attached hydrogens (primary N) is 2. The summed E-state index contributed by atoms with van der Waals surface area (Å²) in [6.07, 6.45) is 0.833. The quantitative estimate of drug-likeness (QED) is 0.551. The molecule has 0 fully saturated rings. The van der Waals surface area contributed by atoms with E-state index < -0.39 is 0 Å². The Bertz CT molecular complexity index is 642. The Morgan fingerprint density at radius 1 is 1.55 bits per heavy atom. The summed E-state index contributed by atoms with van der Waals surface area (Å²) in [5.41, 5.74) is 11.6. The van der Waals surface area contributed by atoms with Crippen LogP contribution in [-0.2, 0) is 0 Å². The van der Waals surface area contributed by atoms with E-state index in [2.05, 4.69) is 25.9 Å². The molecular formula is C12H15BrN4OS2. The van der Waals surface area contributed by atoms with E-state index in [1.807, 2.05) is 18.4 Å². The molecule has 2 aromatic heterocycles. The van der Waals surface area contributed by atoms with Crippen molar-refractivity contribution in [3.63, 3.8) is 0 Å². The van der Waals surface area contributed by atoms with E-state index in [1.165, 1.54) is 17.8 Å². The average Bonchev–Trinajstić information content (AvgIpc) is 2.80. The number of anilines is 1. The van der Waals surface area contributed by atoms with Crippen molar-refractivity contribution in [3.05, 3.63) is 37.2 Å². The second-order valence-electron chi connectivity index (χ2n) is 4.25. The van der Waals surface area contributed by atoms with Crippen LogP contribution in [0.15, 0.2) is 31.9 Å². The number of hydrogen-bond donors (Lipinski definition) is 3. The second-order valence-corrected chi connectivity index (χ2v) is 7.24. The zero-order valence-electron chi connectivity index (χ0n) is 10.8. The molecule has 0 spiro atoms. The molecule has 0 bridgehead atoms. The van der Waals surface area contributed by atoms with Gasteiger partial charge in [0.05, 0.1) is 5.25 Å². The van der Waals surface area contributed by atoms with Gasteiger partial charge in [-0.3, -0.25) is 4.79 Å². The van der Waals surface area contributed by atoms with Gasteiger partial charge >= 0.3 is 0 Å². The highest BCUT2D eigenvalue weighted by Crippen LogP contribution is 2.40. The van der Waals surface area contributed by atoms with Crippen LogP contribution in [-0.4, -0.2) is 16.0 Å². The molecule has 20 heavy (non-hydrogen) atoms. The van der Waals surface area contributed by atoms with Crippen molar-refractivity contribution in [2.75, 3.05) is 5.73 Å². The maximum atomic E-state index is 11.4. The predicted octanol–water partition coefficient (Wildman–Crippen LogP) is 2.75. The molecule has 2 atom stereocenters. The van der Waals surface area contributed by atoms with E-state index in [4.69, 9.17) is 11.5 Å². The first kappa shape index (κ1) is 15.6. The van der Waals surface area contributed by atoms with Crippen molar-refractivity contribution in [1.29, 1.82) is 0 Å². The molecular weight excluding hydrogens is 360 g/mol. The average molecular weight is 375 g/mol. The molecule has 2 rings (SSSR count). The van der Waals surface area contributed by atoms with Gasteiger partial charge in [0.15, 0.2) is 5.16 Å². The standard InChI is InChI=1S/C12H15BrN4OS2/c1-2-7(14)11(8-3-6(13)5-19-8)20-12-16-9(15)4-10(18)17-12/h3-5,7,11H,2,14H2,1H3,(H3,15,16,17,18). The Labute approximate surface area is 133 Å². The number of aromatic amines is 1. The number of nitrogen functional groups attached to an aromatic ring is 1. The van der Waals surface area contributed by atoms with Crippen LogP contribution in [0, 0.1) is 0 Å². The molecule has 2 aromatic rings. The summed E-state index contributed by atoms with van der Waals surface area (Å²) in [4.78, 5) is 19.4. The minimum Gasteiger partial charge on any atom is -0.383 e. The second kappa shape index (κ2) is 6.75. The molecule has 0 radical (unpaired) electrons. The van der Waals surface area contributed by atoms with E-state index in [9.17, 15) is 4.79 Å². The van der Waals surface area contributed by atoms with Crippen LogP contribution in [0.2, 0.25) is 0 Å². The lowest BCUT2D eigenvalue weighted by molar-refractivity contribution is 0.638. The summed E-state index contributed by atoms with van der Waals surface area (Å²) in [6.45, 7) is 2.04. The van der Waals surface area contributed by atoms with E-state index in [0.717, 1.165) is 15.8 Å². The highest BCUT2D eigenvalue weighted by atomic mass is 79.9. The molecule has 0 amide bonds. The monoisotopic (exact) mass is 374 g/mol. The topological polar surface area (TPSA) is 97.8 Å². The Balaban J connectivity index is 2.30. The van der Waals surface area contributed by atoms with Gasteiger partial charge in [-0.05, 0) is 28.4 Å². The normalized spacial score (nSPS) is 14.2. The number of hydrogen-bond acceptors (Lipinski definition) is 6. The molecule has 108 valence electrons. The SMILES string of the molecule is CCC(N)C(Sc1nc(N)cc(=O)[nH]1)c1cc(Br)cs1. The molecule has 0 saturated carbocycles. The number of H-pyrrole nitrogens is 1. The molecule has 2 heterocycles. The molecule has 5 nitrogen and oxygen atoms in total. The van der Waals surface area contributed by atoms with Gasteiger partial charge < -0.3 is 16.5 Å². The summed E-state index contributed by atoms with van der Waals surface area (Å²) < 4.78 is 1.03. The van der Waals surface area contributed by atoms with Gasteiger partial charge in [-0.25, -0.2) is 4.98 Å². The van der Waals surface area contributed by atoms with Crippen molar-refractivity contribution in [1.82, 2.24) is 9.97 Å². The summed E-state index contributed by atoms with van der Waals surface area (Å²) in [6, 6.07) is 3.28. The maximum absolute atomic E-state index is 11.4. The summed E-state index contributed by atoms with van der Waals surface area (Å²) in [7, 11) is 0. The number of halogens is 1. The molecule has 8 heteroatoms. The van der Waals surface area contributed by atoms with Crippen LogP contribution >= 0.6 is 39.0 Å². The lowest BCUT2D eigenvalue weighted by Gasteiger charge is -2.20. The van der Waals surface area contributed by atoms with Gasteiger partial charge in [0, 0.05) is 26.8 Å². The lowest BCUT2D eigenvalue weighted by atomic mass is 10.1. The molecule has 2 unspecified atom stereocenters. The Morgan fingerprint density at radius 2 is 2.30 bits per heavy atom. The van der Waals surface area contributed by atoms with Crippen molar-refractivity contribution in [2.45, 2.75) is 29.8 Å². The molecule has 0 aromatic carbocycles. The highest BCUT2D eigenvalue weighted by molar-refractivity contribution is 9.10. The number of thiophene rings is 1. The number of thioether (sulfide) groups is 1. The first-order chi connectivity index (χ1) is 9.49. The maximum Gasteiger partial charge on any atom is 0.253 e. The Kier molecular flexibility index (Phi) is 5.25. The van der Waals surface area contributed by atoms with Crippen molar-refractivity contribution < 1.29 is 0 Å². The third kappa shape index (κ3) is 3.85. The third-order valence-corrected chi connectivity index (χ3v) is 5.91. The van der Waals surface area contributed by atoms with Crippen LogP contribution in [0.1, 0.15) is 23.5 Å². The lowest BCUT2D eigenvalue weighted by Crippen LogP contribution is -2.25. The fraction of sp³-hybridized carbons (Fsp3) is 0.333. The highest BCUT2D eigenvalue weighted by Gasteiger charge is 2.23. The van der Waals surface area contributed by atoms with E-state index in [1.54, 1.807) is 11.3 Å². The largest absolute Gasteiger partial charge is 0.383 e. The van der Waals surface area contributed by atoms with Crippen LogP contribution in [0.3, 0.4) is 0 Å². The predicted molar refractivity (Wildman–Crippen MR) is 88.2 cm³/mol. The Morgan fingerprint density at radius 3 is 2.85 bits per heavy atom. The van der Waals surface area contributed by atoms with Gasteiger partial charge in [-0.15, -0.1) is 11.3 Å². The molecule has 0 saturated heterocycles. The number of aromatic nitrogens is 2. The van der Waals surface area contributed by atoms with Crippen LogP contribution in [0.25, 0.3) is 0 Å². The zero-order valence-corrected chi connectivity index (χ0v) is 14.0. The van der Waals surface area contributed by atoms with Crippen LogP contribution < -0.4 is 17.0 Å². The van der Waals surface area contributed by atoms with Crippen molar-refractivity contribution in [2.24, 2.45) is 5.73 Å². The molecule has 0 aliphatic heterocycles. The minimum atomic E-state index is -0.254. The summed E-state index contributed by atoms with van der Waals surface area (Å²) in [5.74, 6) is 0.215. The third-order valence-electron chi connectivity index (χ3n) is 2.71. The van der Waals surface area contributed by atoms with Gasteiger partial charge in [0.25, 0.3) is 5.56 Å². The molecule has 0 aliphatic carbocycles. The number of nitrogens with one attached hydrogen (secondary N) is 1. The van der Waals surface area contributed by atoms with Gasteiger partial charge in [-0.2, -0.15) is 0 Å². The van der Waals surface area contributed by atoms with Gasteiger partial charge in [0.1, 0.15) is 5.82 Å². The van der Waals surface area contributed by atoms with E-state index in [-0.39, 0.29) is 22.7 Å². The van der Waals surface area contributed by atoms with Crippen LogP contribution in [0.4, 0.5) is 5.82 Å². The smallest absolute Gasteiger partial charge is 0.253 e. The van der Waals surface area contributed by atoms with Gasteiger partial charge in [-0.1, -0.05) is 18.7 Å². The first-order valence-corrected chi connectivity index (χ1v) is 8.58. The van der Waals surface area contributed by atoms with Crippen molar-refractivity contribution in [3.8, 4) is 0 Å². The van der Waals surface area contributed by atoms with E-state index >= 15 is 0 Å². The number of rotatable bonds is 5. The van der Waals surface area contributed by atoms with Crippen molar-refractivity contribution >= 4 is 44.8 Å².